The zero-order chi connectivity index (χ0) is 23.8. The average molecular weight is 477 g/mol. The second-order valence-corrected chi connectivity index (χ2v) is 10.4. The van der Waals surface area contributed by atoms with E-state index in [4.69, 9.17) is 15.2 Å². The topological polar surface area (TPSA) is 124 Å². The minimum atomic E-state index is -3.77. The summed E-state index contributed by atoms with van der Waals surface area (Å²) in [7, 11) is -0.479. The number of nitrogens with zero attached hydrogens (tertiary/aromatic N) is 3. The molecule has 0 bridgehead atoms. The summed E-state index contributed by atoms with van der Waals surface area (Å²) < 4.78 is 40.4. The summed E-state index contributed by atoms with van der Waals surface area (Å²) in [6.07, 6.45) is 1.95. The molecule has 2 aliphatic heterocycles. The van der Waals surface area contributed by atoms with Crippen LogP contribution in [0.3, 0.4) is 0 Å². The molecular formula is C22H28N4O6S. The number of fused-ring (bicyclic) bond motifs is 1. The Labute approximate surface area is 192 Å². The molecule has 178 valence electrons. The van der Waals surface area contributed by atoms with Gasteiger partial charge in [0.25, 0.3) is 5.91 Å². The van der Waals surface area contributed by atoms with Crippen molar-refractivity contribution >= 4 is 21.8 Å². The fourth-order valence-electron chi connectivity index (χ4n) is 4.27. The fraction of sp³-hybridized carbons (Fsp3) is 0.455. The predicted molar refractivity (Wildman–Crippen MR) is 119 cm³/mol. The van der Waals surface area contributed by atoms with Crippen LogP contribution in [-0.4, -0.2) is 73.4 Å². The number of carbonyl (C=O) groups excluding carboxylic acids is 2. The third-order valence-corrected chi connectivity index (χ3v) is 7.96. The van der Waals surface area contributed by atoms with E-state index in [1.807, 2.05) is 24.3 Å². The largest absolute Gasteiger partial charge is 0.486 e. The Morgan fingerprint density at radius 2 is 1.85 bits per heavy atom. The van der Waals surface area contributed by atoms with Crippen molar-refractivity contribution in [2.45, 2.75) is 23.8 Å². The number of aryl methyl sites for hydroxylation is 1. The molecule has 1 fully saturated rings. The summed E-state index contributed by atoms with van der Waals surface area (Å²) in [6.45, 7) is 1.19. The molecule has 2 aromatic rings. The predicted octanol–water partition coefficient (Wildman–Crippen LogP) is 0.823. The van der Waals surface area contributed by atoms with Crippen molar-refractivity contribution in [1.82, 2.24) is 13.8 Å². The zero-order valence-electron chi connectivity index (χ0n) is 18.6. The molecule has 2 N–H and O–H groups in total. The Hall–Kier alpha value is -3.05. The number of hydrogen-bond donors (Lipinski definition) is 1. The summed E-state index contributed by atoms with van der Waals surface area (Å²) in [6, 6.07) is 8.70. The van der Waals surface area contributed by atoms with Crippen molar-refractivity contribution < 1.29 is 27.5 Å². The van der Waals surface area contributed by atoms with Crippen LogP contribution in [0.15, 0.2) is 41.4 Å². The lowest BCUT2D eigenvalue weighted by Gasteiger charge is -2.34. The van der Waals surface area contributed by atoms with Gasteiger partial charge in [-0.25, -0.2) is 8.42 Å². The highest BCUT2D eigenvalue weighted by Crippen LogP contribution is 2.31. The number of rotatable bonds is 6. The highest BCUT2D eigenvalue weighted by Gasteiger charge is 2.35. The van der Waals surface area contributed by atoms with Crippen molar-refractivity contribution in [2.75, 3.05) is 33.3 Å². The molecule has 0 spiro atoms. The van der Waals surface area contributed by atoms with Crippen molar-refractivity contribution in [3.8, 4) is 11.5 Å². The molecule has 0 saturated carbocycles. The standard InChI is InChI=1S/C22H28N4O6S/c1-24-13-17(11-18(24)21(23)27)33(29,30)26-9-7-15(8-10-26)22(28)25(2)12-16-14-31-19-5-3-4-6-20(19)32-16/h3-6,11,13,15-16H,7-10,12,14H2,1-2H3,(H2,23,27). The molecule has 2 aliphatic rings. The van der Waals surface area contributed by atoms with E-state index in [1.165, 1.54) is 21.1 Å². The summed E-state index contributed by atoms with van der Waals surface area (Å²) in [5.41, 5.74) is 5.42. The zero-order valence-corrected chi connectivity index (χ0v) is 19.5. The fourth-order valence-corrected chi connectivity index (χ4v) is 5.81. The molecule has 2 amide bonds. The number of benzene rings is 1. The van der Waals surface area contributed by atoms with E-state index in [0.717, 1.165) is 0 Å². The van der Waals surface area contributed by atoms with Crippen LogP contribution < -0.4 is 15.2 Å². The molecule has 1 unspecified atom stereocenters. The van der Waals surface area contributed by atoms with Crippen molar-refractivity contribution in [3.05, 3.63) is 42.2 Å². The summed E-state index contributed by atoms with van der Waals surface area (Å²) >= 11 is 0. The van der Waals surface area contributed by atoms with Crippen molar-refractivity contribution in [3.63, 3.8) is 0 Å². The lowest BCUT2D eigenvalue weighted by Crippen LogP contribution is -2.47. The number of likely N-dealkylation sites (N-methyl/N-ethyl adjacent to an activating group) is 1. The molecule has 1 atom stereocenters. The van der Waals surface area contributed by atoms with Crippen LogP contribution >= 0.6 is 0 Å². The molecular weight excluding hydrogens is 448 g/mol. The molecule has 33 heavy (non-hydrogen) atoms. The summed E-state index contributed by atoms with van der Waals surface area (Å²) in [5, 5.41) is 0. The normalized spacial score (nSPS) is 19.3. The SMILES string of the molecule is CN(CC1COc2ccccc2O1)C(=O)C1CCN(S(=O)(=O)c2cc(C(N)=O)n(C)c2)CC1. The molecule has 1 aromatic heterocycles. The molecule has 0 aliphatic carbocycles. The van der Waals surface area contributed by atoms with E-state index in [1.54, 1.807) is 19.0 Å². The first kappa shape index (κ1) is 23.1. The second-order valence-electron chi connectivity index (χ2n) is 8.43. The Morgan fingerprint density at radius 1 is 1.18 bits per heavy atom. The number of carbonyl (C=O) groups is 2. The number of para-hydroxylation sites is 2. The van der Waals surface area contributed by atoms with Gasteiger partial charge in [0.2, 0.25) is 15.9 Å². The Kier molecular flexibility index (Phi) is 6.35. The minimum Gasteiger partial charge on any atom is -0.486 e. The van der Waals surface area contributed by atoms with Gasteiger partial charge in [0, 0.05) is 39.3 Å². The van der Waals surface area contributed by atoms with Crippen LogP contribution in [0.5, 0.6) is 11.5 Å². The maximum absolute atomic E-state index is 13.0. The van der Waals surface area contributed by atoms with Gasteiger partial charge in [-0.15, -0.1) is 0 Å². The molecule has 11 heteroatoms. The number of sulfonamides is 1. The van der Waals surface area contributed by atoms with Gasteiger partial charge in [0.05, 0.1) is 6.54 Å². The van der Waals surface area contributed by atoms with Crippen LogP contribution in [-0.2, 0) is 21.9 Å². The van der Waals surface area contributed by atoms with Gasteiger partial charge in [-0.3, -0.25) is 9.59 Å². The van der Waals surface area contributed by atoms with E-state index in [-0.39, 0.29) is 41.6 Å². The Balaban J connectivity index is 1.33. The third-order valence-electron chi connectivity index (χ3n) is 6.09. The van der Waals surface area contributed by atoms with Gasteiger partial charge in [0.15, 0.2) is 17.6 Å². The van der Waals surface area contributed by atoms with Gasteiger partial charge in [0.1, 0.15) is 17.2 Å². The first-order valence-electron chi connectivity index (χ1n) is 10.8. The van der Waals surface area contributed by atoms with E-state index in [0.29, 0.717) is 37.5 Å². The molecule has 0 radical (unpaired) electrons. The van der Waals surface area contributed by atoms with Gasteiger partial charge in [-0.05, 0) is 31.0 Å². The molecule has 1 saturated heterocycles. The van der Waals surface area contributed by atoms with Gasteiger partial charge < -0.3 is 24.7 Å². The Bertz CT molecular complexity index is 1150. The van der Waals surface area contributed by atoms with E-state index in [2.05, 4.69) is 0 Å². The van der Waals surface area contributed by atoms with Crippen molar-refractivity contribution in [1.29, 1.82) is 0 Å². The number of ether oxygens (including phenoxy) is 2. The van der Waals surface area contributed by atoms with Gasteiger partial charge in [-0.2, -0.15) is 4.31 Å². The van der Waals surface area contributed by atoms with E-state index < -0.39 is 15.9 Å². The monoisotopic (exact) mass is 476 g/mol. The minimum absolute atomic E-state index is 0.0235. The second kappa shape index (κ2) is 9.06. The number of hydrogen-bond acceptors (Lipinski definition) is 6. The number of nitrogens with two attached hydrogens (primary N) is 1. The molecule has 1 aromatic carbocycles. The Morgan fingerprint density at radius 3 is 2.48 bits per heavy atom. The summed E-state index contributed by atoms with van der Waals surface area (Å²) in [4.78, 5) is 26.1. The molecule has 3 heterocycles. The van der Waals surface area contributed by atoms with E-state index in [9.17, 15) is 18.0 Å². The highest BCUT2D eigenvalue weighted by molar-refractivity contribution is 7.89. The number of piperidine rings is 1. The van der Waals surface area contributed by atoms with Crippen LogP contribution in [0.1, 0.15) is 23.3 Å². The van der Waals surface area contributed by atoms with Crippen LogP contribution in [0.4, 0.5) is 0 Å². The highest BCUT2D eigenvalue weighted by atomic mass is 32.2. The maximum atomic E-state index is 13.0. The van der Waals surface area contributed by atoms with E-state index >= 15 is 0 Å². The van der Waals surface area contributed by atoms with Crippen LogP contribution in [0.2, 0.25) is 0 Å². The van der Waals surface area contributed by atoms with Crippen LogP contribution in [0.25, 0.3) is 0 Å². The van der Waals surface area contributed by atoms with Crippen LogP contribution in [0, 0.1) is 5.92 Å². The smallest absolute Gasteiger partial charge is 0.265 e. The molecule has 4 rings (SSSR count). The van der Waals surface area contributed by atoms with Crippen molar-refractivity contribution in [2.24, 2.45) is 18.7 Å². The average Bonchev–Trinajstić information content (AvgIpc) is 3.21. The number of aromatic nitrogens is 1. The van der Waals surface area contributed by atoms with Gasteiger partial charge in [-0.1, -0.05) is 12.1 Å². The number of primary amides is 1. The first-order valence-corrected chi connectivity index (χ1v) is 12.2. The first-order chi connectivity index (χ1) is 15.7. The third kappa shape index (κ3) is 4.69. The maximum Gasteiger partial charge on any atom is 0.265 e. The summed E-state index contributed by atoms with van der Waals surface area (Å²) in [5.74, 6) is 0.355. The number of amides is 2. The lowest BCUT2D eigenvalue weighted by molar-refractivity contribution is -0.136. The lowest BCUT2D eigenvalue weighted by atomic mass is 9.96. The molecule has 10 nitrogen and oxygen atoms in total. The van der Waals surface area contributed by atoms with Gasteiger partial charge >= 0.3 is 0 Å². The quantitative estimate of drug-likeness (QED) is 0.658.